The molecule has 0 radical (unpaired) electrons. The molecule has 0 bridgehead atoms. The molecular weight excluding hydrogens is 208 g/mol. The normalized spacial score (nSPS) is 13.5. The van der Waals surface area contributed by atoms with E-state index in [1.807, 2.05) is 6.07 Å². The second-order valence-electron chi connectivity index (χ2n) is 2.15. The lowest BCUT2D eigenvalue weighted by Crippen LogP contribution is -2.17. The number of hydrogen-bond acceptors (Lipinski definition) is 3. The van der Waals surface area contributed by atoms with E-state index in [4.69, 9.17) is 4.74 Å². The van der Waals surface area contributed by atoms with E-state index in [9.17, 15) is 0 Å². The van der Waals surface area contributed by atoms with Crippen LogP contribution in [-0.4, -0.2) is 18.1 Å². The van der Waals surface area contributed by atoms with Gasteiger partial charge in [0.2, 0.25) is 0 Å². The third-order valence-electron chi connectivity index (χ3n) is 1.46. The maximum atomic E-state index is 5.32. The van der Waals surface area contributed by atoms with Crippen molar-refractivity contribution in [1.82, 2.24) is 4.98 Å². The number of rotatable bonds is 0. The standard InChI is InChI=1S/C7H8N2O.BrH/c1-2-8-5-6-7(1)10-4-3-9-6;/h1-2,5,9H,3-4H2;1H. The molecule has 4 heteroatoms. The quantitative estimate of drug-likeness (QED) is 0.714. The molecule has 3 nitrogen and oxygen atoms in total. The van der Waals surface area contributed by atoms with Gasteiger partial charge in [0, 0.05) is 18.8 Å². The summed E-state index contributed by atoms with van der Waals surface area (Å²) in [5, 5.41) is 3.18. The van der Waals surface area contributed by atoms with Crippen molar-refractivity contribution in [2.24, 2.45) is 0 Å². The Morgan fingerprint density at radius 1 is 1.55 bits per heavy atom. The smallest absolute Gasteiger partial charge is 0.145 e. The highest BCUT2D eigenvalue weighted by atomic mass is 79.9. The number of halogens is 1. The highest BCUT2D eigenvalue weighted by Gasteiger charge is 2.06. The predicted molar refractivity (Wildman–Crippen MR) is 48.5 cm³/mol. The fraction of sp³-hybridized carbons (Fsp3) is 0.286. The first kappa shape index (κ1) is 8.33. The molecule has 1 N–H and O–H groups in total. The van der Waals surface area contributed by atoms with Crippen molar-refractivity contribution in [2.45, 2.75) is 0 Å². The van der Waals surface area contributed by atoms with Crippen molar-refractivity contribution < 1.29 is 4.74 Å². The van der Waals surface area contributed by atoms with Crippen molar-refractivity contribution in [3.8, 4) is 5.75 Å². The summed E-state index contributed by atoms with van der Waals surface area (Å²) in [5.74, 6) is 0.904. The van der Waals surface area contributed by atoms with Gasteiger partial charge in [0.15, 0.2) is 0 Å². The molecule has 0 saturated heterocycles. The number of nitrogens with zero attached hydrogens (tertiary/aromatic N) is 1. The fourth-order valence-electron chi connectivity index (χ4n) is 0.987. The van der Waals surface area contributed by atoms with E-state index in [1.165, 1.54) is 0 Å². The number of hydrogen-bond donors (Lipinski definition) is 1. The van der Waals surface area contributed by atoms with E-state index >= 15 is 0 Å². The van der Waals surface area contributed by atoms with Gasteiger partial charge in [-0.05, 0) is 0 Å². The number of pyridine rings is 1. The van der Waals surface area contributed by atoms with Gasteiger partial charge in [-0.2, -0.15) is 0 Å². The molecule has 11 heavy (non-hydrogen) atoms. The fourth-order valence-corrected chi connectivity index (χ4v) is 0.987. The van der Waals surface area contributed by atoms with E-state index in [0.29, 0.717) is 0 Å². The van der Waals surface area contributed by atoms with Crippen LogP contribution in [0.15, 0.2) is 18.5 Å². The van der Waals surface area contributed by atoms with E-state index in [0.717, 1.165) is 24.6 Å². The zero-order valence-corrected chi connectivity index (χ0v) is 7.62. The second kappa shape index (κ2) is 3.57. The van der Waals surface area contributed by atoms with Crippen LogP contribution in [0, 0.1) is 0 Å². The Morgan fingerprint density at radius 2 is 2.45 bits per heavy atom. The monoisotopic (exact) mass is 216 g/mol. The molecule has 1 aliphatic heterocycles. The average Bonchev–Trinajstić information content (AvgIpc) is 2.05. The molecule has 60 valence electrons. The first-order valence-electron chi connectivity index (χ1n) is 3.27. The van der Waals surface area contributed by atoms with Crippen molar-refractivity contribution in [1.29, 1.82) is 0 Å². The topological polar surface area (TPSA) is 34.2 Å². The van der Waals surface area contributed by atoms with Crippen LogP contribution in [0.3, 0.4) is 0 Å². The molecule has 0 unspecified atom stereocenters. The number of fused-ring (bicyclic) bond motifs is 1. The summed E-state index contributed by atoms with van der Waals surface area (Å²) in [7, 11) is 0. The van der Waals surface area contributed by atoms with Crippen molar-refractivity contribution >= 4 is 22.7 Å². The first-order valence-corrected chi connectivity index (χ1v) is 3.27. The molecule has 2 rings (SSSR count). The Morgan fingerprint density at radius 3 is 3.27 bits per heavy atom. The van der Waals surface area contributed by atoms with Gasteiger partial charge in [-0.15, -0.1) is 17.0 Å². The van der Waals surface area contributed by atoms with Gasteiger partial charge in [0.25, 0.3) is 0 Å². The molecule has 0 amide bonds. The third-order valence-corrected chi connectivity index (χ3v) is 1.46. The van der Waals surface area contributed by atoms with E-state index in [1.54, 1.807) is 12.4 Å². The van der Waals surface area contributed by atoms with E-state index < -0.39 is 0 Å². The summed E-state index contributed by atoms with van der Waals surface area (Å²) in [5.41, 5.74) is 0.994. The first-order chi connectivity index (χ1) is 4.97. The molecule has 0 atom stereocenters. The van der Waals surface area contributed by atoms with Gasteiger partial charge in [-0.3, -0.25) is 4.98 Å². The SMILES string of the molecule is Br.c1cc2c(cn1)NCCO2. The van der Waals surface area contributed by atoms with Crippen molar-refractivity contribution in [3.05, 3.63) is 18.5 Å². The summed E-state index contributed by atoms with van der Waals surface area (Å²) in [4.78, 5) is 3.96. The van der Waals surface area contributed by atoms with Crippen LogP contribution in [0.25, 0.3) is 0 Å². The lowest BCUT2D eigenvalue weighted by Gasteiger charge is -2.17. The molecule has 1 aromatic heterocycles. The lowest BCUT2D eigenvalue weighted by atomic mass is 10.3. The minimum atomic E-state index is 0. The van der Waals surface area contributed by atoms with Crippen LogP contribution in [0.4, 0.5) is 5.69 Å². The number of aromatic nitrogens is 1. The van der Waals surface area contributed by atoms with Gasteiger partial charge >= 0.3 is 0 Å². The Labute approximate surface area is 75.6 Å². The van der Waals surface area contributed by atoms with Gasteiger partial charge < -0.3 is 10.1 Å². The summed E-state index contributed by atoms with van der Waals surface area (Å²) in [6.07, 6.45) is 3.50. The number of nitrogens with one attached hydrogen (secondary N) is 1. The molecule has 0 fully saturated rings. The molecule has 1 aliphatic rings. The lowest BCUT2D eigenvalue weighted by molar-refractivity contribution is 0.323. The van der Waals surface area contributed by atoms with Crippen molar-refractivity contribution in [2.75, 3.05) is 18.5 Å². The zero-order chi connectivity index (χ0) is 6.81. The molecule has 1 aromatic rings. The van der Waals surface area contributed by atoms with Gasteiger partial charge in [-0.1, -0.05) is 0 Å². The van der Waals surface area contributed by atoms with E-state index in [-0.39, 0.29) is 17.0 Å². The number of anilines is 1. The molecule has 0 aliphatic carbocycles. The van der Waals surface area contributed by atoms with Gasteiger partial charge in [-0.25, -0.2) is 0 Å². The third kappa shape index (κ3) is 1.63. The maximum Gasteiger partial charge on any atom is 0.145 e. The van der Waals surface area contributed by atoms with Crippen LogP contribution >= 0.6 is 17.0 Å². The summed E-state index contributed by atoms with van der Waals surface area (Å²) < 4.78 is 5.32. The van der Waals surface area contributed by atoms with Crippen LogP contribution in [-0.2, 0) is 0 Å². The van der Waals surface area contributed by atoms with Gasteiger partial charge in [0.1, 0.15) is 12.4 Å². The minimum Gasteiger partial charge on any atom is -0.489 e. The second-order valence-corrected chi connectivity index (χ2v) is 2.15. The molecular formula is C7H9BrN2O. The molecule has 2 heterocycles. The predicted octanol–water partition coefficient (Wildman–Crippen LogP) is 1.46. The zero-order valence-electron chi connectivity index (χ0n) is 5.91. The summed E-state index contributed by atoms with van der Waals surface area (Å²) >= 11 is 0. The van der Waals surface area contributed by atoms with Crippen LogP contribution < -0.4 is 10.1 Å². The maximum absolute atomic E-state index is 5.32. The Hall–Kier alpha value is -0.770. The largest absolute Gasteiger partial charge is 0.489 e. The molecule has 0 saturated carbocycles. The summed E-state index contributed by atoms with van der Waals surface area (Å²) in [6.45, 7) is 1.62. The summed E-state index contributed by atoms with van der Waals surface area (Å²) in [6, 6.07) is 1.86. The molecule has 0 spiro atoms. The molecule has 0 aromatic carbocycles. The van der Waals surface area contributed by atoms with Crippen molar-refractivity contribution in [3.63, 3.8) is 0 Å². The highest BCUT2D eigenvalue weighted by Crippen LogP contribution is 2.24. The Bertz CT molecular complexity index is 217. The van der Waals surface area contributed by atoms with E-state index in [2.05, 4.69) is 10.3 Å². The van der Waals surface area contributed by atoms with Crippen LogP contribution in [0.5, 0.6) is 5.75 Å². The minimum absolute atomic E-state index is 0. The average molecular weight is 217 g/mol. The van der Waals surface area contributed by atoms with Crippen LogP contribution in [0.1, 0.15) is 0 Å². The van der Waals surface area contributed by atoms with Gasteiger partial charge in [0.05, 0.1) is 11.9 Å². The Balaban J connectivity index is 0.000000605. The Kier molecular flexibility index (Phi) is 2.70. The highest BCUT2D eigenvalue weighted by molar-refractivity contribution is 8.93. The number of ether oxygens (including phenoxy) is 1. The van der Waals surface area contributed by atoms with Crippen LogP contribution in [0.2, 0.25) is 0 Å².